The molecule has 0 saturated heterocycles. The van der Waals surface area contributed by atoms with Crippen LogP contribution >= 0.6 is 0 Å². The Labute approximate surface area is 82.0 Å². The molecule has 0 unspecified atom stereocenters. The van der Waals surface area contributed by atoms with Crippen LogP contribution in [0.15, 0.2) is 12.7 Å². The van der Waals surface area contributed by atoms with E-state index in [1.165, 1.54) is 19.3 Å². The third-order valence-corrected chi connectivity index (χ3v) is 2.19. The third-order valence-electron chi connectivity index (χ3n) is 2.19. The Balaban J connectivity index is 0.000000354. The second kappa shape index (κ2) is 6.52. The van der Waals surface area contributed by atoms with Crippen molar-refractivity contribution in [3.63, 3.8) is 0 Å². The van der Waals surface area contributed by atoms with Crippen molar-refractivity contribution in [2.45, 2.75) is 37.6 Å². The van der Waals surface area contributed by atoms with Crippen LogP contribution in [0.4, 0.5) is 0 Å². The van der Waals surface area contributed by atoms with E-state index in [4.69, 9.17) is 12.4 Å². The normalized spacial score (nSPS) is 19.8. The fourth-order valence-electron chi connectivity index (χ4n) is 1.41. The first-order chi connectivity index (χ1) is 5.68. The summed E-state index contributed by atoms with van der Waals surface area (Å²) in [6.07, 6.45) is 8.09. The summed E-state index contributed by atoms with van der Waals surface area (Å²) in [5.74, 6) is 0. The van der Waals surface area contributed by atoms with Gasteiger partial charge in [-0.3, -0.25) is 0 Å². The molecule has 0 spiro atoms. The molecule has 0 bridgehead atoms. The molecule has 3 nitrogen and oxygen atoms in total. The van der Waals surface area contributed by atoms with Crippen LogP contribution < -0.4 is 5.73 Å². The van der Waals surface area contributed by atoms with Crippen LogP contribution in [0.5, 0.6) is 0 Å². The SMILES string of the molecule is C=CC1(N)CCCCC1.[O]=[Ti]=[O]. The quantitative estimate of drug-likeness (QED) is 0.522. The van der Waals surface area contributed by atoms with Gasteiger partial charge in [0.05, 0.1) is 0 Å². The van der Waals surface area contributed by atoms with Gasteiger partial charge in [-0.25, -0.2) is 0 Å². The predicted molar refractivity (Wildman–Crippen MR) is 41.6 cm³/mol. The van der Waals surface area contributed by atoms with Gasteiger partial charge in [0.25, 0.3) is 0 Å². The molecule has 0 radical (unpaired) electrons. The standard InChI is InChI=1S/C8H15N.2O.Ti/c1-2-8(9)6-4-3-5-7-8;;;/h2H,1,3-7,9H2;;;. The first-order valence-electron chi connectivity index (χ1n) is 4.10. The summed E-state index contributed by atoms with van der Waals surface area (Å²) in [5, 5.41) is 0. The summed E-state index contributed by atoms with van der Waals surface area (Å²) < 4.78 is 17.0. The van der Waals surface area contributed by atoms with Gasteiger partial charge in [-0.05, 0) is 12.8 Å². The molecule has 0 aromatic rings. The molecule has 0 aromatic heterocycles. The number of hydrogen-bond acceptors (Lipinski definition) is 3. The van der Waals surface area contributed by atoms with Crippen molar-refractivity contribution in [2.24, 2.45) is 5.73 Å². The van der Waals surface area contributed by atoms with Crippen LogP contribution in [0.1, 0.15) is 32.1 Å². The molecule has 1 rings (SSSR count). The minimum atomic E-state index is -2.00. The van der Waals surface area contributed by atoms with E-state index in [0.717, 1.165) is 12.8 Å². The minimum absolute atomic E-state index is 0.0156. The van der Waals surface area contributed by atoms with Crippen molar-refractivity contribution >= 4 is 0 Å². The monoisotopic (exact) mass is 205 g/mol. The van der Waals surface area contributed by atoms with Crippen LogP contribution in [-0.4, -0.2) is 5.54 Å². The Morgan fingerprint density at radius 3 is 1.92 bits per heavy atom. The van der Waals surface area contributed by atoms with Crippen molar-refractivity contribution in [1.82, 2.24) is 0 Å². The maximum atomic E-state index is 8.50. The second-order valence-electron chi connectivity index (χ2n) is 3.08. The topological polar surface area (TPSA) is 60.2 Å². The molecule has 1 aliphatic carbocycles. The van der Waals surface area contributed by atoms with E-state index in [0.29, 0.717) is 0 Å². The Morgan fingerprint density at radius 1 is 1.25 bits per heavy atom. The van der Waals surface area contributed by atoms with Crippen molar-refractivity contribution in [2.75, 3.05) is 0 Å². The van der Waals surface area contributed by atoms with Gasteiger partial charge in [0, 0.05) is 5.54 Å². The van der Waals surface area contributed by atoms with Gasteiger partial charge >= 0.3 is 25.7 Å². The van der Waals surface area contributed by atoms with Gasteiger partial charge in [-0.1, -0.05) is 25.3 Å². The van der Waals surface area contributed by atoms with Crippen LogP contribution in [0.2, 0.25) is 0 Å². The predicted octanol–water partition coefficient (Wildman–Crippen LogP) is 1.59. The Hall–Kier alpha value is 0.0143. The van der Waals surface area contributed by atoms with E-state index < -0.39 is 19.1 Å². The molecule has 0 amide bonds. The molecule has 0 aromatic carbocycles. The summed E-state index contributed by atoms with van der Waals surface area (Å²) in [5.41, 5.74) is 5.92. The summed E-state index contributed by atoms with van der Waals surface area (Å²) >= 11 is -2.00. The summed E-state index contributed by atoms with van der Waals surface area (Å²) in [7, 11) is 0. The van der Waals surface area contributed by atoms with Gasteiger partial charge in [0.15, 0.2) is 0 Å². The summed E-state index contributed by atoms with van der Waals surface area (Å²) in [6, 6.07) is 0. The fourth-order valence-corrected chi connectivity index (χ4v) is 1.41. The number of rotatable bonds is 1. The maximum absolute atomic E-state index is 8.50. The molecule has 1 fully saturated rings. The second-order valence-corrected chi connectivity index (χ2v) is 3.34. The van der Waals surface area contributed by atoms with Crippen molar-refractivity contribution in [3.05, 3.63) is 12.7 Å². The Bertz CT molecular complexity index is 170. The van der Waals surface area contributed by atoms with E-state index in [2.05, 4.69) is 6.58 Å². The number of hydrogen-bond donors (Lipinski definition) is 1. The van der Waals surface area contributed by atoms with Gasteiger partial charge in [-0.2, -0.15) is 0 Å². The molecule has 0 aliphatic heterocycles. The zero-order valence-electron chi connectivity index (χ0n) is 7.21. The van der Waals surface area contributed by atoms with E-state index in [9.17, 15) is 0 Å². The van der Waals surface area contributed by atoms with Crippen LogP contribution in [0.3, 0.4) is 0 Å². The van der Waals surface area contributed by atoms with Crippen molar-refractivity contribution < 1.29 is 25.7 Å². The molecule has 0 atom stereocenters. The average Bonchev–Trinajstić information content (AvgIpc) is 2.07. The Morgan fingerprint density at radius 2 is 1.67 bits per heavy atom. The average molecular weight is 205 g/mol. The van der Waals surface area contributed by atoms with Gasteiger partial charge in [0.2, 0.25) is 0 Å². The van der Waals surface area contributed by atoms with E-state index in [-0.39, 0.29) is 5.54 Å². The zero-order chi connectivity index (χ0) is 9.45. The molecule has 4 heteroatoms. The molecule has 1 aliphatic rings. The van der Waals surface area contributed by atoms with E-state index >= 15 is 0 Å². The van der Waals surface area contributed by atoms with Crippen molar-refractivity contribution in [3.8, 4) is 0 Å². The summed E-state index contributed by atoms with van der Waals surface area (Å²) in [6.45, 7) is 3.73. The fraction of sp³-hybridized carbons (Fsp3) is 0.750. The molecular formula is C8H15NO2Ti. The molecule has 2 N–H and O–H groups in total. The van der Waals surface area contributed by atoms with Crippen LogP contribution in [-0.2, 0) is 25.7 Å². The Kier molecular flexibility index (Phi) is 6.53. The van der Waals surface area contributed by atoms with Crippen LogP contribution in [0, 0.1) is 0 Å². The molecular weight excluding hydrogens is 190 g/mol. The molecule has 1 saturated carbocycles. The van der Waals surface area contributed by atoms with Gasteiger partial charge < -0.3 is 5.73 Å². The van der Waals surface area contributed by atoms with Crippen molar-refractivity contribution in [1.29, 1.82) is 0 Å². The summed E-state index contributed by atoms with van der Waals surface area (Å²) in [4.78, 5) is 0. The number of nitrogens with two attached hydrogens (primary N) is 1. The molecule has 68 valence electrons. The van der Waals surface area contributed by atoms with Gasteiger partial charge in [-0.15, -0.1) is 6.58 Å². The van der Waals surface area contributed by atoms with Crippen LogP contribution in [0.25, 0.3) is 0 Å². The third kappa shape index (κ3) is 4.80. The molecule has 0 heterocycles. The zero-order valence-corrected chi connectivity index (χ0v) is 8.78. The first kappa shape index (κ1) is 12.0. The molecule has 12 heavy (non-hydrogen) atoms. The van der Waals surface area contributed by atoms with E-state index in [1.54, 1.807) is 0 Å². The first-order valence-corrected chi connectivity index (χ1v) is 5.38. The van der Waals surface area contributed by atoms with E-state index in [1.807, 2.05) is 6.08 Å². The van der Waals surface area contributed by atoms with Gasteiger partial charge in [0.1, 0.15) is 0 Å².